The number of amides is 1. The van der Waals surface area contributed by atoms with Crippen LogP contribution >= 0.6 is 0 Å². The van der Waals surface area contributed by atoms with Crippen LogP contribution in [0.1, 0.15) is 47.8 Å². The monoisotopic (exact) mass is 386 g/mol. The molecule has 1 amide bonds. The van der Waals surface area contributed by atoms with Crippen LogP contribution in [0.25, 0.3) is 11.1 Å². The van der Waals surface area contributed by atoms with Crippen molar-refractivity contribution in [3.05, 3.63) is 83.7 Å². The van der Waals surface area contributed by atoms with E-state index in [-0.39, 0.29) is 11.8 Å². The van der Waals surface area contributed by atoms with Crippen molar-refractivity contribution in [3.8, 4) is 11.1 Å². The number of aromatic nitrogens is 1. The maximum absolute atomic E-state index is 13.0. The molecule has 0 radical (unpaired) electrons. The minimum Gasteiger partial charge on any atom is -0.326 e. The Balaban J connectivity index is 1.79. The number of rotatable bonds is 7. The van der Waals surface area contributed by atoms with Crippen molar-refractivity contribution < 1.29 is 9.59 Å². The number of hydrogen-bond donors (Lipinski definition) is 1. The lowest BCUT2D eigenvalue weighted by Gasteiger charge is -2.19. The van der Waals surface area contributed by atoms with Crippen LogP contribution in [0.3, 0.4) is 0 Å². The third kappa shape index (κ3) is 5.38. The van der Waals surface area contributed by atoms with Crippen molar-refractivity contribution in [2.75, 3.05) is 5.32 Å². The van der Waals surface area contributed by atoms with Gasteiger partial charge in [-0.1, -0.05) is 44.2 Å². The summed E-state index contributed by atoms with van der Waals surface area (Å²) in [5, 5.41) is 3.03. The van der Waals surface area contributed by atoms with Gasteiger partial charge in [0, 0.05) is 23.1 Å². The molecule has 29 heavy (non-hydrogen) atoms. The number of nitrogens with one attached hydrogen (secondary N) is 1. The minimum atomic E-state index is -0.308. The van der Waals surface area contributed by atoms with Gasteiger partial charge >= 0.3 is 0 Å². The van der Waals surface area contributed by atoms with Crippen molar-refractivity contribution in [2.45, 2.75) is 33.1 Å². The molecule has 0 fully saturated rings. The summed E-state index contributed by atoms with van der Waals surface area (Å²) in [6.07, 6.45) is 3.32. The lowest BCUT2D eigenvalue weighted by Crippen LogP contribution is -2.22. The van der Waals surface area contributed by atoms with Gasteiger partial charge in [0.2, 0.25) is 5.91 Å². The molecular weight excluding hydrogens is 360 g/mol. The van der Waals surface area contributed by atoms with E-state index in [0.29, 0.717) is 17.9 Å². The number of benzene rings is 2. The molecule has 1 heterocycles. The van der Waals surface area contributed by atoms with Gasteiger partial charge in [-0.15, -0.1) is 0 Å². The molecule has 1 aromatic heterocycles. The molecule has 2 aromatic carbocycles. The number of aldehydes is 1. The Hall–Kier alpha value is -3.27. The summed E-state index contributed by atoms with van der Waals surface area (Å²) >= 11 is 0. The molecule has 4 nitrogen and oxygen atoms in total. The van der Waals surface area contributed by atoms with E-state index in [2.05, 4.69) is 24.1 Å². The zero-order chi connectivity index (χ0) is 20.8. The molecular formula is C25H26N2O2. The highest BCUT2D eigenvalue weighted by molar-refractivity contribution is 5.96. The molecule has 3 aromatic rings. The summed E-state index contributed by atoms with van der Waals surface area (Å²) in [6.45, 7) is 6.15. The molecule has 0 bridgehead atoms. The van der Waals surface area contributed by atoms with Crippen molar-refractivity contribution in [1.82, 2.24) is 4.98 Å². The standard InChI is InChI=1S/C25H26N2O2/c1-17(2)13-24(22-6-4-5-19(15-22)16-28)25(29)27-23-9-7-20(8-10-23)21-11-12-26-18(3)14-21/h4-12,14-17,24H,13H2,1-3H3,(H,27,29). The molecule has 4 heteroatoms. The van der Waals surface area contributed by atoms with Crippen molar-refractivity contribution in [3.63, 3.8) is 0 Å². The average Bonchev–Trinajstić information content (AvgIpc) is 2.72. The van der Waals surface area contributed by atoms with Crippen molar-refractivity contribution in [1.29, 1.82) is 0 Å². The molecule has 0 saturated heterocycles. The summed E-state index contributed by atoms with van der Waals surface area (Å²) in [4.78, 5) is 28.4. The van der Waals surface area contributed by atoms with E-state index >= 15 is 0 Å². The van der Waals surface area contributed by atoms with E-state index in [1.807, 2.05) is 55.5 Å². The zero-order valence-electron chi connectivity index (χ0n) is 17.1. The summed E-state index contributed by atoms with van der Waals surface area (Å²) < 4.78 is 0. The number of carbonyl (C=O) groups is 2. The maximum Gasteiger partial charge on any atom is 0.231 e. The Morgan fingerprint density at radius 1 is 1.03 bits per heavy atom. The first-order valence-electron chi connectivity index (χ1n) is 9.85. The molecule has 0 saturated carbocycles. The zero-order valence-corrected chi connectivity index (χ0v) is 17.1. The summed E-state index contributed by atoms with van der Waals surface area (Å²) in [5.41, 5.74) is 5.34. The fraction of sp³-hybridized carbons (Fsp3) is 0.240. The highest BCUT2D eigenvalue weighted by Crippen LogP contribution is 2.27. The SMILES string of the molecule is Cc1cc(-c2ccc(NC(=O)C(CC(C)C)c3cccc(C=O)c3)cc2)ccn1. The highest BCUT2D eigenvalue weighted by atomic mass is 16.1. The Morgan fingerprint density at radius 2 is 1.79 bits per heavy atom. The highest BCUT2D eigenvalue weighted by Gasteiger charge is 2.22. The third-order valence-corrected chi connectivity index (χ3v) is 4.86. The van der Waals surface area contributed by atoms with E-state index in [0.717, 1.165) is 34.4 Å². The first-order valence-corrected chi connectivity index (χ1v) is 9.85. The van der Waals surface area contributed by atoms with Gasteiger partial charge in [-0.3, -0.25) is 14.6 Å². The van der Waals surface area contributed by atoms with Gasteiger partial charge in [0.1, 0.15) is 6.29 Å². The topological polar surface area (TPSA) is 59.1 Å². The van der Waals surface area contributed by atoms with Crippen LogP contribution in [0, 0.1) is 12.8 Å². The third-order valence-electron chi connectivity index (χ3n) is 4.86. The number of carbonyl (C=O) groups excluding carboxylic acids is 2. The lowest BCUT2D eigenvalue weighted by atomic mass is 9.88. The number of nitrogens with zero attached hydrogens (tertiary/aromatic N) is 1. The Kier molecular flexibility index (Phi) is 6.55. The summed E-state index contributed by atoms with van der Waals surface area (Å²) in [5.74, 6) is -0.0189. The second-order valence-electron chi connectivity index (χ2n) is 7.72. The van der Waals surface area contributed by atoms with Gasteiger partial charge in [-0.05, 0) is 66.3 Å². The van der Waals surface area contributed by atoms with Gasteiger partial charge in [-0.25, -0.2) is 0 Å². The molecule has 3 rings (SSSR count). The van der Waals surface area contributed by atoms with Gasteiger partial charge < -0.3 is 5.32 Å². The van der Waals surface area contributed by atoms with Crippen LogP contribution < -0.4 is 5.32 Å². The van der Waals surface area contributed by atoms with Crippen LogP contribution in [0.2, 0.25) is 0 Å². The minimum absolute atomic E-state index is 0.0609. The molecule has 0 aliphatic carbocycles. The van der Waals surface area contributed by atoms with E-state index in [4.69, 9.17) is 0 Å². The Bertz CT molecular complexity index is 994. The van der Waals surface area contributed by atoms with Crippen LogP contribution in [0.4, 0.5) is 5.69 Å². The van der Waals surface area contributed by atoms with Crippen molar-refractivity contribution >= 4 is 17.9 Å². The predicted molar refractivity (Wildman–Crippen MR) is 117 cm³/mol. The maximum atomic E-state index is 13.0. The number of anilines is 1. The average molecular weight is 386 g/mol. The second-order valence-corrected chi connectivity index (χ2v) is 7.72. The molecule has 0 aliphatic rings. The fourth-order valence-electron chi connectivity index (χ4n) is 3.42. The smallest absolute Gasteiger partial charge is 0.231 e. The van der Waals surface area contributed by atoms with Crippen LogP contribution in [-0.4, -0.2) is 17.2 Å². The number of aryl methyl sites for hydroxylation is 1. The first-order chi connectivity index (χ1) is 14.0. The molecule has 148 valence electrons. The summed E-state index contributed by atoms with van der Waals surface area (Å²) in [7, 11) is 0. The quantitative estimate of drug-likeness (QED) is 0.535. The Labute approximate surface area is 172 Å². The van der Waals surface area contributed by atoms with Gasteiger partial charge in [0.05, 0.1) is 5.92 Å². The Morgan fingerprint density at radius 3 is 2.45 bits per heavy atom. The number of pyridine rings is 1. The normalized spacial score (nSPS) is 11.9. The van der Waals surface area contributed by atoms with Crippen molar-refractivity contribution in [2.24, 2.45) is 5.92 Å². The van der Waals surface area contributed by atoms with Crippen LogP contribution in [0.5, 0.6) is 0 Å². The predicted octanol–water partition coefficient (Wildman–Crippen LogP) is 5.64. The molecule has 0 spiro atoms. The fourth-order valence-corrected chi connectivity index (χ4v) is 3.42. The van der Waals surface area contributed by atoms with Gasteiger partial charge in [0.15, 0.2) is 0 Å². The molecule has 1 N–H and O–H groups in total. The van der Waals surface area contributed by atoms with Gasteiger partial charge in [-0.2, -0.15) is 0 Å². The molecule has 0 aliphatic heterocycles. The van der Waals surface area contributed by atoms with E-state index in [9.17, 15) is 9.59 Å². The largest absolute Gasteiger partial charge is 0.326 e. The first kappa shape index (κ1) is 20.5. The molecule has 1 atom stereocenters. The molecule has 1 unspecified atom stereocenters. The lowest BCUT2D eigenvalue weighted by molar-refractivity contribution is -0.117. The van der Waals surface area contributed by atoms with E-state index in [1.54, 1.807) is 18.3 Å². The second kappa shape index (κ2) is 9.28. The van der Waals surface area contributed by atoms with E-state index in [1.165, 1.54) is 0 Å². The van der Waals surface area contributed by atoms with Crippen LogP contribution in [0.15, 0.2) is 66.9 Å². The van der Waals surface area contributed by atoms with E-state index < -0.39 is 0 Å². The number of hydrogen-bond acceptors (Lipinski definition) is 3. The van der Waals surface area contributed by atoms with Crippen LogP contribution in [-0.2, 0) is 4.79 Å². The summed E-state index contributed by atoms with van der Waals surface area (Å²) in [6, 6.07) is 19.1. The van der Waals surface area contributed by atoms with Gasteiger partial charge in [0.25, 0.3) is 0 Å².